The number of unbranched alkanes of at least 4 members (excludes halogenated alkanes) is 1. The molecule has 0 saturated heterocycles. The summed E-state index contributed by atoms with van der Waals surface area (Å²) >= 11 is 1.53. The molecule has 3 rings (SSSR count). The van der Waals surface area contributed by atoms with Gasteiger partial charge in [-0.15, -0.1) is 11.3 Å². The van der Waals surface area contributed by atoms with Gasteiger partial charge in [-0.05, 0) is 61.4 Å². The number of carbonyl (C=O) groups is 2. The maximum Gasteiger partial charge on any atom is 0.256 e. The number of hydrogen-bond acceptors (Lipinski definition) is 4. The Morgan fingerprint density at radius 2 is 1.96 bits per heavy atom. The third kappa shape index (κ3) is 4.55. The number of anilines is 1. The first-order chi connectivity index (χ1) is 13.5. The van der Waals surface area contributed by atoms with Crippen molar-refractivity contribution in [3.05, 3.63) is 45.8 Å². The number of ether oxygens (including phenoxy) is 1. The molecule has 1 heterocycles. The van der Waals surface area contributed by atoms with Gasteiger partial charge < -0.3 is 15.4 Å². The van der Waals surface area contributed by atoms with Gasteiger partial charge in [0.15, 0.2) is 0 Å². The van der Waals surface area contributed by atoms with E-state index in [1.807, 2.05) is 12.1 Å². The maximum atomic E-state index is 12.7. The molecule has 0 fully saturated rings. The van der Waals surface area contributed by atoms with Gasteiger partial charge in [-0.3, -0.25) is 9.59 Å². The number of fused-ring (bicyclic) bond motifs is 1. The van der Waals surface area contributed by atoms with E-state index in [0.717, 1.165) is 43.4 Å². The van der Waals surface area contributed by atoms with E-state index in [-0.39, 0.29) is 11.8 Å². The Morgan fingerprint density at radius 3 is 2.64 bits per heavy atom. The maximum absolute atomic E-state index is 12.7. The van der Waals surface area contributed by atoms with Crippen LogP contribution in [0.1, 0.15) is 64.3 Å². The average molecular weight is 401 g/mol. The summed E-state index contributed by atoms with van der Waals surface area (Å²) in [5, 5.41) is 6.32. The number of carbonyl (C=O) groups excluding carboxylic acids is 2. The Hall–Kier alpha value is -2.34. The molecular weight excluding hydrogens is 372 g/mol. The van der Waals surface area contributed by atoms with E-state index in [1.165, 1.54) is 16.2 Å². The minimum absolute atomic E-state index is 0.137. The smallest absolute Gasteiger partial charge is 0.256 e. The Kier molecular flexibility index (Phi) is 6.73. The van der Waals surface area contributed by atoms with Crippen molar-refractivity contribution in [1.82, 2.24) is 5.32 Å². The minimum Gasteiger partial charge on any atom is -0.494 e. The summed E-state index contributed by atoms with van der Waals surface area (Å²) in [5.41, 5.74) is 2.27. The van der Waals surface area contributed by atoms with Crippen LogP contribution in [0.5, 0.6) is 5.75 Å². The Bertz CT molecular complexity index is 842. The summed E-state index contributed by atoms with van der Waals surface area (Å²) in [6, 6.07) is 7.13. The molecule has 2 amide bonds. The molecule has 28 heavy (non-hydrogen) atoms. The number of nitrogens with one attached hydrogen (secondary N) is 2. The van der Waals surface area contributed by atoms with Crippen LogP contribution in [0.3, 0.4) is 0 Å². The van der Waals surface area contributed by atoms with Crippen LogP contribution >= 0.6 is 11.3 Å². The number of amides is 2. The molecule has 6 heteroatoms. The third-order valence-electron chi connectivity index (χ3n) is 5.08. The first kappa shape index (κ1) is 20.4. The van der Waals surface area contributed by atoms with Crippen LogP contribution in [-0.4, -0.2) is 25.5 Å². The van der Waals surface area contributed by atoms with Gasteiger partial charge in [-0.25, -0.2) is 0 Å². The lowest BCUT2D eigenvalue weighted by Gasteiger charge is -2.18. The molecule has 1 aromatic heterocycles. The predicted molar refractivity (Wildman–Crippen MR) is 114 cm³/mol. The fourth-order valence-electron chi connectivity index (χ4n) is 3.42. The lowest BCUT2D eigenvalue weighted by atomic mass is 9.88. The molecule has 2 N–H and O–H groups in total. The van der Waals surface area contributed by atoms with Gasteiger partial charge in [0, 0.05) is 17.5 Å². The topological polar surface area (TPSA) is 67.4 Å². The zero-order chi connectivity index (χ0) is 20.1. The normalized spacial score (nSPS) is 15.6. The van der Waals surface area contributed by atoms with Gasteiger partial charge in [0.2, 0.25) is 0 Å². The molecule has 1 atom stereocenters. The van der Waals surface area contributed by atoms with E-state index in [2.05, 4.69) is 24.5 Å². The van der Waals surface area contributed by atoms with Crippen LogP contribution in [0.2, 0.25) is 0 Å². The van der Waals surface area contributed by atoms with E-state index in [1.54, 1.807) is 19.2 Å². The molecule has 0 radical (unpaired) electrons. The number of hydrogen-bond donors (Lipinski definition) is 2. The van der Waals surface area contributed by atoms with Crippen molar-refractivity contribution < 1.29 is 14.3 Å². The standard InChI is InChI=1S/C22H28N2O3S/c1-4-5-12-27-16-9-7-15(8-10-16)20(25)24-22-19(21(26)23-3)17-11-6-14(2)13-18(17)28-22/h7-10,14H,4-6,11-13H2,1-3H3,(H,23,26)(H,24,25). The van der Waals surface area contributed by atoms with Gasteiger partial charge in [-0.1, -0.05) is 20.3 Å². The second-order valence-corrected chi connectivity index (χ2v) is 8.42. The van der Waals surface area contributed by atoms with E-state index < -0.39 is 0 Å². The van der Waals surface area contributed by atoms with E-state index in [4.69, 9.17) is 4.74 Å². The second kappa shape index (κ2) is 9.24. The van der Waals surface area contributed by atoms with Crippen LogP contribution in [0.4, 0.5) is 5.00 Å². The summed E-state index contributed by atoms with van der Waals surface area (Å²) in [4.78, 5) is 26.4. The van der Waals surface area contributed by atoms with E-state index >= 15 is 0 Å². The fraction of sp³-hybridized carbons (Fsp3) is 0.455. The average Bonchev–Trinajstić information content (AvgIpc) is 3.04. The molecule has 1 aliphatic carbocycles. The summed E-state index contributed by atoms with van der Waals surface area (Å²) in [6.07, 6.45) is 5.00. The zero-order valence-electron chi connectivity index (χ0n) is 16.8. The molecule has 1 aliphatic rings. The fourth-order valence-corrected chi connectivity index (χ4v) is 4.82. The van der Waals surface area contributed by atoms with Crippen molar-refractivity contribution in [2.45, 2.75) is 46.0 Å². The van der Waals surface area contributed by atoms with Crippen LogP contribution in [0.15, 0.2) is 24.3 Å². The second-order valence-electron chi connectivity index (χ2n) is 7.32. The van der Waals surface area contributed by atoms with Crippen molar-refractivity contribution in [2.24, 2.45) is 5.92 Å². The molecule has 0 saturated carbocycles. The molecule has 1 unspecified atom stereocenters. The summed E-state index contributed by atoms with van der Waals surface area (Å²) in [5.74, 6) is 1.02. The van der Waals surface area contributed by atoms with Gasteiger partial charge in [0.05, 0.1) is 12.2 Å². The molecule has 5 nitrogen and oxygen atoms in total. The molecular formula is C22H28N2O3S. The van der Waals surface area contributed by atoms with Gasteiger partial charge in [0.25, 0.3) is 11.8 Å². The third-order valence-corrected chi connectivity index (χ3v) is 6.25. The first-order valence-electron chi connectivity index (χ1n) is 9.94. The lowest BCUT2D eigenvalue weighted by molar-refractivity contribution is 0.0963. The molecule has 0 bridgehead atoms. The molecule has 0 aliphatic heterocycles. The Labute approximate surface area is 170 Å². The van der Waals surface area contributed by atoms with E-state index in [0.29, 0.717) is 28.7 Å². The summed E-state index contributed by atoms with van der Waals surface area (Å²) in [6.45, 7) is 5.02. The van der Waals surface area contributed by atoms with Gasteiger partial charge in [-0.2, -0.15) is 0 Å². The van der Waals surface area contributed by atoms with Crippen molar-refractivity contribution in [3.8, 4) is 5.75 Å². The van der Waals surface area contributed by atoms with Crippen molar-refractivity contribution in [1.29, 1.82) is 0 Å². The van der Waals surface area contributed by atoms with Crippen LogP contribution in [0.25, 0.3) is 0 Å². The highest BCUT2D eigenvalue weighted by molar-refractivity contribution is 7.17. The van der Waals surface area contributed by atoms with Gasteiger partial charge >= 0.3 is 0 Å². The lowest BCUT2D eigenvalue weighted by Crippen LogP contribution is -2.22. The van der Waals surface area contributed by atoms with Crippen LogP contribution < -0.4 is 15.4 Å². The number of benzene rings is 1. The first-order valence-corrected chi connectivity index (χ1v) is 10.8. The van der Waals surface area contributed by atoms with Crippen molar-refractivity contribution in [2.75, 3.05) is 19.0 Å². The van der Waals surface area contributed by atoms with Crippen molar-refractivity contribution >= 4 is 28.2 Å². The highest BCUT2D eigenvalue weighted by Crippen LogP contribution is 2.39. The highest BCUT2D eigenvalue weighted by atomic mass is 32.1. The quantitative estimate of drug-likeness (QED) is 0.664. The number of rotatable bonds is 7. The summed E-state index contributed by atoms with van der Waals surface area (Å²) in [7, 11) is 1.63. The Morgan fingerprint density at radius 1 is 1.21 bits per heavy atom. The molecule has 2 aromatic rings. The minimum atomic E-state index is -0.211. The highest BCUT2D eigenvalue weighted by Gasteiger charge is 2.28. The predicted octanol–water partition coefficient (Wildman–Crippen LogP) is 4.66. The zero-order valence-corrected chi connectivity index (χ0v) is 17.6. The molecule has 0 spiro atoms. The SMILES string of the molecule is CCCCOc1ccc(C(=O)Nc2sc3c(c2C(=O)NC)CCC(C)C3)cc1. The Balaban J connectivity index is 1.77. The van der Waals surface area contributed by atoms with Crippen LogP contribution in [-0.2, 0) is 12.8 Å². The molecule has 150 valence electrons. The van der Waals surface area contributed by atoms with Gasteiger partial charge in [0.1, 0.15) is 10.8 Å². The molecule has 1 aromatic carbocycles. The van der Waals surface area contributed by atoms with E-state index in [9.17, 15) is 9.59 Å². The monoisotopic (exact) mass is 400 g/mol. The number of thiophene rings is 1. The van der Waals surface area contributed by atoms with Crippen LogP contribution in [0, 0.1) is 5.92 Å². The summed E-state index contributed by atoms with van der Waals surface area (Å²) < 4.78 is 5.65. The van der Waals surface area contributed by atoms with Crippen molar-refractivity contribution in [3.63, 3.8) is 0 Å². The largest absolute Gasteiger partial charge is 0.494 e.